The van der Waals surface area contributed by atoms with E-state index in [9.17, 15) is 9.59 Å². The van der Waals surface area contributed by atoms with Crippen LogP contribution >= 0.6 is 0 Å². The second-order valence-electron chi connectivity index (χ2n) is 6.17. The van der Waals surface area contributed by atoms with Crippen LogP contribution in [0, 0.1) is 0 Å². The third kappa shape index (κ3) is 3.65. The van der Waals surface area contributed by atoms with Crippen LogP contribution in [-0.2, 0) is 4.79 Å². The van der Waals surface area contributed by atoms with Gasteiger partial charge in [0.25, 0.3) is 0 Å². The third-order valence-electron chi connectivity index (χ3n) is 4.65. The van der Waals surface area contributed by atoms with Crippen LogP contribution in [0.5, 0.6) is 0 Å². The largest absolute Gasteiger partial charge is 0.480 e. The summed E-state index contributed by atoms with van der Waals surface area (Å²) in [5.74, 6) is -0.803. The van der Waals surface area contributed by atoms with E-state index in [1.807, 2.05) is 28.8 Å². The third-order valence-corrected chi connectivity index (χ3v) is 4.65. The summed E-state index contributed by atoms with van der Waals surface area (Å²) in [6.07, 6.45) is 1.02. The molecule has 21 heavy (non-hydrogen) atoms. The van der Waals surface area contributed by atoms with Crippen molar-refractivity contribution in [2.75, 3.05) is 53.4 Å². The van der Waals surface area contributed by atoms with Crippen LogP contribution in [0.15, 0.2) is 0 Å². The first-order chi connectivity index (χ1) is 9.90. The van der Waals surface area contributed by atoms with Gasteiger partial charge in [-0.3, -0.25) is 9.69 Å². The molecule has 1 N–H and O–H groups in total. The average molecular weight is 298 g/mol. The van der Waals surface area contributed by atoms with Gasteiger partial charge in [-0.1, -0.05) is 0 Å². The van der Waals surface area contributed by atoms with Gasteiger partial charge in [-0.25, -0.2) is 4.79 Å². The lowest BCUT2D eigenvalue weighted by Gasteiger charge is -2.38. The molecule has 2 atom stereocenters. The molecule has 2 aliphatic heterocycles. The number of likely N-dealkylation sites (N-methyl/N-ethyl adjacent to an activating group) is 1. The maximum Gasteiger partial charge on any atom is 0.320 e. The number of urea groups is 1. The minimum absolute atomic E-state index is 0.0991. The molecule has 0 bridgehead atoms. The first-order valence-corrected chi connectivity index (χ1v) is 7.57. The molecule has 2 unspecified atom stereocenters. The lowest BCUT2D eigenvalue weighted by atomic mass is 10.2. The molecule has 2 rings (SSSR count). The second kappa shape index (κ2) is 6.62. The van der Waals surface area contributed by atoms with Gasteiger partial charge in [-0.15, -0.1) is 0 Å². The number of hydrogen-bond acceptors (Lipinski definition) is 4. The molecule has 7 nitrogen and oxygen atoms in total. The second-order valence-corrected chi connectivity index (χ2v) is 6.17. The zero-order valence-electron chi connectivity index (χ0n) is 13.2. The Balaban J connectivity index is 1.82. The topological polar surface area (TPSA) is 67.3 Å². The number of carboxylic acid groups (broad SMARTS) is 1. The lowest BCUT2D eigenvalue weighted by Crippen LogP contribution is -2.55. The minimum atomic E-state index is -0.803. The molecule has 0 aromatic carbocycles. The van der Waals surface area contributed by atoms with Crippen LogP contribution in [0.4, 0.5) is 4.79 Å². The normalized spacial score (nSPS) is 25.4. The first kappa shape index (κ1) is 16.0. The van der Waals surface area contributed by atoms with Crippen LogP contribution in [0.1, 0.15) is 13.3 Å². The Morgan fingerprint density at radius 3 is 2.19 bits per heavy atom. The minimum Gasteiger partial charge on any atom is -0.480 e. The Labute approximate surface area is 126 Å². The molecule has 2 heterocycles. The summed E-state index contributed by atoms with van der Waals surface area (Å²) < 4.78 is 0. The summed E-state index contributed by atoms with van der Waals surface area (Å²) in [6, 6.07) is 0.0661. The van der Waals surface area contributed by atoms with Crippen LogP contribution in [0.3, 0.4) is 0 Å². The summed E-state index contributed by atoms with van der Waals surface area (Å²) in [5, 5.41) is 9.03. The molecule has 0 radical (unpaired) electrons. The fourth-order valence-corrected chi connectivity index (χ4v) is 2.99. The summed E-state index contributed by atoms with van der Waals surface area (Å²) in [4.78, 5) is 31.3. The molecule has 0 aromatic rings. The quantitative estimate of drug-likeness (QED) is 0.784. The Kier molecular flexibility index (Phi) is 5.05. The van der Waals surface area contributed by atoms with Crippen LogP contribution in [0.2, 0.25) is 0 Å². The lowest BCUT2D eigenvalue weighted by molar-refractivity contribution is -0.143. The van der Waals surface area contributed by atoms with Gasteiger partial charge in [0.2, 0.25) is 0 Å². The van der Waals surface area contributed by atoms with Gasteiger partial charge in [-0.2, -0.15) is 0 Å². The highest BCUT2D eigenvalue weighted by molar-refractivity contribution is 5.75. The number of piperazine rings is 1. The molecule has 0 aliphatic carbocycles. The van der Waals surface area contributed by atoms with Crippen LogP contribution < -0.4 is 0 Å². The van der Waals surface area contributed by atoms with E-state index in [1.165, 1.54) is 0 Å². The molecule has 0 aromatic heterocycles. The van der Waals surface area contributed by atoms with Gasteiger partial charge >= 0.3 is 12.0 Å². The summed E-state index contributed by atoms with van der Waals surface area (Å²) in [6.45, 7) is 5.78. The van der Waals surface area contributed by atoms with E-state index in [4.69, 9.17) is 5.11 Å². The van der Waals surface area contributed by atoms with Crippen molar-refractivity contribution in [1.82, 2.24) is 19.6 Å². The molecule has 120 valence electrons. The smallest absolute Gasteiger partial charge is 0.320 e. The van der Waals surface area contributed by atoms with E-state index in [1.54, 1.807) is 6.92 Å². The highest BCUT2D eigenvalue weighted by atomic mass is 16.4. The van der Waals surface area contributed by atoms with Crippen molar-refractivity contribution in [3.8, 4) is 0 Å². The number of carbonyl (C=O) groups excluding carboxylic acids is 1. The molecule has 0 saturated carbocycles. The number of carbonyl (C=O) groups is 2. The van der Waals surface area contributed by atoms with Crippen molar-refractivity contribution < 1.29 is 14.7 Å². The van der Waals surface area contributed by atoms with Gasteiger partial charge in [0, 0.05) is 45.3 Å². The fourth-order valence-electron chi connectivity index (χ4n) is 2.99. The van der Waals surface area contributed by atoms with E-state index in [0.717, 1.165) is 19.5 Å². The Morgan fingerprint density at radius 1 is 1.10 bits per heavy atom. The average Bonchev–Trinajstić information content (AvgIpc) is 2.96. The predicted octanol–water partition coefficient (Wildman–Crippen LogP) is -0.167. The van der Waals surface area contributed by atoms with Crippen molar-refractivity contribution in [3.63, 3.8) is 0 Å². The van der Waals surface area contributed by atoms with E-state index in [2.05, 4.69) is 4.90 Å². The summed E-state index contributed by atoms with van der Waals surface area (Å²) in [7, 11) is 4.09. The summed E-state index contributed by atoms with van der Waals surface area (Å²) in [5.41, 5.74) is 0. The molecule has 0 spiro atoms. The number of carboxylic acids is 1. The van der Waals surface area contributed by atoms with Gasteiger partial charge < -0.3 is 19.8 Å². The molecule has 2 amide bonds. The standard InChI is InChI=1S/C14H26N4O3/c1-11(13(19)20)16-6-8-17(9-7-16)14(21)18-5-4-12(10-18)15(2)3/h11-12H,4-10H2,1-3H3,(H,19,20). The number of amides is 2. The van der Waals surface area contributed by atoms with Crippen molar-refractivity contribution in [1.29, 1.82) is 0 Å². The predicted molar refractivity (Wildman–Crippen MR) is 79.3 cm³/mol. The Morgan fingerprint density at radius 2 is 1.71 bits per heavy atom. The fraction of sp³-hybridized carbons (Fsp3) is 0.857. The number of nitrogens with zero attached hydrogens (tertiary/aromatic N) is 4. The molecule has 2 aliphatic rings. The zero-order valence-corrected chi connectivity index (χ0v) is 13.2. The zero-order chi connectivity index (χ0) is 15.6. The number of likely N-dealkylation sites (tertiary alicyclic amines) is 1. The van der Waals surface area contributed by atoms with E-state index in [-0.39, 0.29) is 6.03 Å². The van der Waals surface area contributed by atoms with Crippen LogP contribution in [0.25, 0.3) is 0 Å². The van der Waals surface area contributed by atoms with Crippen molar-refractivity contribution >= 4 is 12.0 Å². The van der Waals surface area contributed by atoms with E-state index in [0.29, 0.717) is 32.2 Å². The number of aliphatic carboxylic acids is 1. The van der Waals surface area contributed by atoms with Crippen LogP contribution in [-0.4, -0.2) is 102 Å². The van der Waals surface area contributed by atoms with Crippen molar-refractivity contribution in [3.05, 3.63) is 0 Å². The SMILES string of the molecule is CC(C(=O)O)N1CCN(C(=O)N2CCC(N(C)C)C2)CC1. The monoisotopic (exact) mass is 298 g/mol. The van der Waals surface area contributed by atoms with Gasteiger partial charge in [0.15, 0.2) is 0 Å². The Hall–Kier alpha value is -1.34. The van der Waals surface area contributed by atoms with Gasteiger partial charge in [0.1, 0.15) is 6.04 Å². The van der Waals surface area contributed by atoms with Gasteiger partial charge in [0.05, 0.1) is 0 Å². The highest BCUT2D eigenvalue weighted by Crippen LogP contribution is 2.16. The van der Waals surface area contributed by atoms with E-state index >= 15 is 0 Å². The van der Waals surface area contributed by atoms with Gasteiger partial charge in [-0.05, 0) is 27.4 Å². The Bertz CT molecular complexity index is 394. The number of hydrogen-bond donors (Lipinski definition) is 1. The number of rotatable bonds is 3. The molecule has 7 heteroatoms. The first-order valence-electron chi connectivity index (χ1n) is 7.57. The molecular weight excluding hydrogens is 272 g/mol. The highest BCUT2D eigenvalue weighted by Gasteiger charge is 2.33. The van der Waals surface area contributed by atoms with Crippen molar-refractivity contribution in [2.24, 2.45) is 0 Å². The molecule has 2 fully saturated rings. The maximum absolute atomic E-state index is 12.5. The maximum atomic E-state index is 12.5. The van der Waals surface area contributed by atoms with Crippen molar-refractivity contribution in [2.45, 2.75) is 25.4 Å². The molecular formula is C14H26N4O3. The van der Waals surface area contributed by atoms with E-state index < -0.39 is 12.0 Å². The summed E-state index contributed by atoms with van der Waals surface area (Å²) >= 11 is 0. The molecule has 2 saturated heterocycles.